The Bertz CT molecular complexity index is 347. The van der Waals surface area contributed by atoms with E-state index in [4.69, 9.17) is 0 Å². The molecule has 2 N–H and O–H groups in total. The van der Waals surface area contributed by atoms with Gasteiger partial charge in [0, 0.05) is 19.6 Å². The Morgan fingerprint density at radius 1 is 1.11 bits per heavy atom. The van der Waals surface area contributed by atoms with Gasteiger partial charge in [0.2, 0.25) is 0 Å². The van der Waals surface area contributed by atoms with E-state index in [0.717, 1.165) is 37.4 Å². The minimum absolute atomic E-state index is 0.999. The van der Waals surface area contributed by atoms with Gasteiger partial charge in [-0.15, -0.1) is 0 Å². The van der Waals surface area contributed by atoms with Crippen LogP contribution in [0.1, 0.15) is 26.2 Å². The zero-order valence-corrected chi connectivity index (χ0v) is 11.3. The van der Waals surface area contributed by atoms with Crippen LogP contribution in [0, 0.1) is 0 Å². The molecule has 1 aromatic rings. The van der Waals surface area contributed by atoms with Crippen LogP contribution in [0.4, 0.5) is 11.4 Å². The molecule has 0 radical (unpaired) electrons. The number of hydrogen-bond donors (Lipinski definition) is 2. The molecule has 0 spiro atoms. The monoisotopic (exact) mass is 248 g/mol. The molecule has 18 heavy (non-hydrogen) atoms. The minimum atomic E-state index is 0.999. The van der Waals surface area contributed by atoms with Crippen LogP contribution in [-0.4, -0.2) is 42.6 Å². The second kappa shape index (κ2) is 7.21. The number of rotatable bonds is 7. The van der Waals surface area contributed by atoms with Crippen molar-refractivity contribution in [2.24, 2.45) is 0 Å². The second-order valence-corrected chi connectivity index (χ2v) is 4.86. The molecule has 1 aliphatic rings. The topological polar surface area (TPSA) is 40.2 Å². The van der Waals surface area contributed by atoms with Crippen molar-refractivity contribution in [3.05, 3.63) is 18.5 Å². The Morgan fingerprint density at radius 2 is 1.78 bits per heavy atom. The molecule has 0 aliphatic carbocycles. The number of pyridine rings is 1. The van der Waals surface area contributed by atoms with Crippen LogP contribution < -0.4 is 10.6 Å². The van der Waals surface area contributed by atoms with Gasteiger partial charge < -0.3 is 15.5 Å². The Labute approximate surface area is 110 Å². The Morgan fingerprint density at radius 3 is 2.44 bits per heavy atom. The summed E-state index contributed by atoms with van der Waals surface area (Å²) in [6.45, 7) is 7.82. The zero-order valence-electron chi connectivity index (χ0n) is 11.3. The van der Waals surface area contributed by atoms with Crippen LogP contribution in [0.3, 0.4) is 0 Å². The van der Waals surface area contributed by atoms with Gasteiger partial charge >= 0.3 is 0 Å². The quantitative estimate of drug-likeness (QED) is 0.777. The SMILES string of the molecule is CCCNc1cncc(NCCN2CCCC2)c1. The molecular formula is C14H24N4. The predicted molar refractivity (Wildman–Crippen MR) is 77.2 cm³/mol. The van der Waals surface area contributed by atoms with Gasteiger partial charge in [-0.3, -0.25) is 4.98 Å². The van der Waals surface area contributed by atoms with Gasteiger partial charge in [0.05, 0.1) is 23.8 Å². The van der Waals surface area contributed by atoms with Crippen molar-refractivity contribution < 1.29 is 0 Å². The molecule has 1 aromatic heterocycles. The van der Waals surface area contributed by atoms with Gasteiger partial charge in [0.1, 0.15) is 0 Å². The molecule has 0 aromatic carbocycles. The summed E-state index contributed by atoms with van der Waals surface area (Å²) < 4.78 is 0. The molecule has 2 rings (SSSR count). The van der Waals surface area contributed by atoms with E-state index in [1.165, 1.54) is 25.9 Å². The lowest BCUT2D eigenvalue weighted by molar-refractivity contribution is 0.352. The van der Waals surface area contributed by atoms with E-state index in [-0.39, 0.29) is 0 Å². The molecule has 0 amide bonds. The Kier molecular flexibility index (Phi) is 5.27. The van der Waals surface area contributed by atoms with E-state index in [0.29, 0.717) is 0 Å². The van der Waals surface area contributed by atoms with Crippen molar-refractivity contribution in [3.8, 4) is 0 Å². The molecule has 1 aliphatic heterocycles. The number of anilines is 2. The summed E-state index contributed by atoms with van der Waals surface area (Å²) >= 11 is 0. The standard InChI is InChI=1S/C14H24N4/c1-2-5-16-13-10-14(12-15-11-13)17-6-9-18-7-3-4-8-18/h10-12,16-17H,2-9H2,1H3. The fourth-order valence-electron chi connectivity index (χ4n) is 2.27. The highest BCUT2D eigenvalue weighted by atomic mass is 15.1. The summed E-state index contributed by atoms with van der Waals surface area (Å²) in [5.41, 5.74) is 2.21. The third kappa shape index (κ3) is 4.18. The molecule has 4 nitrogen and oxygen atoms in total. The maximum atomic E-state index is 4.25. The van der Waals surface area contributed by atoms with Gasteiger partial charge in [-0.2, -0.15) is 0 Å². The van der Waals surface area contributed by atoms with Crippen molar-refractivity contribution in [1.82, 2.24) is 9.88 Å². The number of hydrogen-bond acceptors (Lipinski definition) is 4. The average molecular weight is 248 g/mol. The van der Waals surface area contributed by atoms with E-state index in [9.17, 15) is 0 Å². The van der Waals surface area contributed by atoms with E-state index < -0.39 is 0 Å². The largest absolute Gasteiger partial charge is 0.384 e. The molecule has 4 heteroatoms. The number of nitrogens with zero attached hydrogens (tertiary/aromatic N) is 2. The van der Waals surface area contributed by atoms with Gasteiger partial charge in [-0.1, -0.05) is 6.92 Å². The maximum absolute atomic E-state index is 4.25. The highest BCUT2D eigenvalue weighted by molar-refractivity contribution is 5.53. The lowest BCUT2D eigenvalue weighted by Gasteiger charge is -2.15. The third-order valence-corrected chi connectivity index (χ3v) is 3.27. The smallest absolute Gasteiger partial charge is 0.0547 e. The van der Waals surface area contributed by atoms with Crippen LogP contribution in [0.5, 0.6) is 0 Å². The van der Waals surface area contributed by atoms with Gasteiger partial charge in [-0.25, -0.2) is 0 Å². The lowest BCUT2D eigenvalue weighted by atomic mass is 10.3. The van der Waals surface area contributed by atoms with Crippen LogP contribution in [0.2, 0.25) is 0 Å². The Hall–Kier alpha value is -1.29. The maximum Gasteiger partial charge on any atom is 0.0547 e. The molecule has 2 heterocycles. The number of nitrogens with one attached hydrogen (secondary N) is 2. The normalized spacial score (nSPS) is 15.8. The van der Waals surface area contributed by atoms with E-state index in [2.05, 4.69) is 33.5 Å². The highest BCUT2D eigenvalue weighted by Crippen LogP contribution is 2.13. The summed E-state index contributed by atoms with van der Waals surface area (Å²) in [4.78, 5) is 6.76. The second-order valence-electron chi connectivity index (χ2n) is 4.86. The fourth-order valence-corrected chi connectivity index (χ4v) is 2.27. The van der Waals surface area contributed by atoms with Crippen molar-refractivity contribution in [3.63, 3.8) is 0 Å². The molecule has 1 saturated heterocycles. The van der Waals surface area contributed by atoms with Crippen LogP contribution in [0.25, 0.3) is 0 Å². The Balaban J connectivity index is 1.74. The predicted octanol–water partition coefficient (Wildman–Crippen LogP) is 2.41. The summed E-state index contributed by atoms with van der Waals surface area (Å²) in [5, 5.41) is 6.80. The summed E-state index contributed by atoms with van der Waals surface area (Å²) in [6, 6.07) is 2.13. The molecular weight excluding hydrogens is 224 g/mol. The molecule has 0 saturated carbocycles. The zero-order chi connectivity index (χ0) is 12.6. The first-order valence-electron chi connectivity index (χ1n) is 7.03. The average Bonchev–Trinajstić information content (AvgIpc) is 2.90. The fraction of sp³-hybridized carbons (Fsp3) is 0.643. The molecule has 0 bridgehead atoms. The highest BCUT2D eigenvalue weighted by Gasteiger charge is 2.10. The van der Waals surface area contributed by atoms with Gasteiger partial charge in [0.25, 0.3) is 0 Å². The summed E-state index contributed by atoms with van der Waals surface area (Å²) in [5.74, 6) is 0. The van der Waals surface area contributed by atoms with Gasteiger partial charge in [-0.05, 0) is 38.4 Å². The summed E-state index contributed by atoms with van der Waals surface area (Å²) in [7, 11) is 0. The van der Waals surface area contributed by atoms with Crippen molar-refractivity contribution in [2.45, 2.75) is 26.2 Å². The van der Waals surface area contributed by atoms with Gasteiger partial charge in [0.15, 0.2) is 0 Å². The van der Waals surface area contributed by atoms with Crippen molar-refractivity contribution >= 4 is 11.4 Å². The van der Waals surface area contributed by atoms with Crippen LogP contribution in [0.15, 0.2) is 18.5 Å². The van der Waals surface area contributed by atoms with E-state index in [1.807, 2.05) is 12.4 Å². The third-order valence-electron chi connectivity index (χ3n) is 3.27. The molecule has 100 valence electrons. The first-order chi connectivity index (χ1) is 8.88. The number of aromatic nitrogens is 1. The van der Waals surface area contributed by atoms with Crippen LogP contribution in [-0.2, 0) is 0 Å². The summed E-state index contributed by atoms with van der Waals surface area (Å²) in [6.07, 6.45) is 7.62. The van der Waals surface area contributed by atoms with E-state index in [1.54, 1.807) is 0 Å². The molecule has 1 fully saturated rings. The minimum Gasteiger partial charge on any atom is -0.384 e. The molecule has 0 unspecified atom stereocenters. The number of likely N-dealkylation sites (tertiary alicyclic amines) is 1. The lowest BCUT2D eigenvalue weighted by Crippen LogP contribution is -2.25. The first-order valence-corrected chi connectivity index (χ1v) is 7.03. The van der Waals surface area contributed by atoms with Crippen molar-refractivity contribution in [1.29, 1.82) is 0 Å². The van der Waals surface area contributed by atoms with E-state index >= 15 is 0 Å². The van der Waals surface area contributed by atoms with Crippen molar-refractivity contribution in [2.75, 3.05) is 43.4 Å². The van der Waals surface area contributed by atoms with Crippen LogP contribution >= 0.6 is 0 Å². The first kappa shape index (κ1) is 13.1. The molecule has 0 atom stereocenters.